The predicted octanol–water partition coefficient (Wildman–Crippen LogP) is 3.90. The summed E-state index contributed by atoms with van der Waals surface area (Å²) in [5, 5.41) is 0. The number of halogens is 1. The van der Waals surface area contributed by atoms with Crippen molar-refractivity contribution in [2.24, 2.45) is 0 Å². The maximum atomic E-state index is 12.0. The topological polar surface area (TPSA) is 62.6 Å². The Kier molecular flexibility index (Phi) is 4.80. The summed E-state index contributed by atoms with van der Waals surface area (Å²) < 4.78 is 19.6. The molecule has 2 aliphatic rings. The number of esters is 1. The molecule has 6 nitrogen and oxygen atoms in total. The molecule has 2 aromatic carbocycles. The fourth-order valence-corrected chi connectivity index (χ4v) is 4.54. The van der Waals surface area contributed by atoms with E-state index in [0.29, 0.717) is 18.6 Å². The Morgan fingerprint density at radius 1 is 1.31 bits per heavy atom. The zero-order valence-electron chi connectivity index (χ0n) is 16.1. The first-order valence-corrected chi connectivity index (χ1v) is 10.6. The van der Waals surface area contributed by atoms with Crippen LogP contribution in [0.5, 0.6) is 5.75 Å². The molecule has 3 aromatic rings. The number of methoxy groups -OCH3 is 1. The average molecular weight is 457 g/mol. The zero-order chi connectivity index (χ0) is 20.0. The van der Waals surface area contributed by atoms with Gasteiger partial charge in [0.15, 0.2) is 0 Å². The van der Waals surface area contributed by atoms with Crippen molar-refractivity contribution in [2.75, 3.05) is 20.3 Å². The quantitative estimate of drug-likeness (QED) is 0.544. The lowest BCUT2D eigenvalue weighted by molar-refractivity contribution is -0.0589. The van der Waals surface area contributed by atoms with E-state index in [0.717, 1.165) is 53.1 Å². The van der Waals surface area contributed by atoms with E-state index in [1.165, 1.54) is 18.2 Å². The molecule has 0 N–H and O–H groups in total. The number of hydrogen-bond acceptors (Lipinski definition) is 5. The standard InChI is InChI=1S/C22H21BrN2O4/c1-27-22(26)14-3-5-18-19(10-14)25(12-15-6-8-28-15)20(24-18)11-13-2-4-17(23)21-16(13)7-9-29-21/h2-5,10,15H,6-9,11-12H2,1H3/t15-/m0/s1. The molecule has 1 aromatic heterocycles. The summed E-state index contributed by atoms with van der Waals surface area (Å²) in [6.07, 6.45) is 2.83. The fraction of sp³-hybridized carbons (Fsp3) is 0.364. The molecular formula is C22H21BrN2O4. The minimum absolute atomic E-state index is 0.187. The highest BCUT2D eigenvalue weighted by molar-refractivity contribution is 9.10. The molecule has 29 heavy (non-hydrogen) atoms. The number of nitrogens with zero attached hydrogens (tertiary/aromatic N) is 2. The first-order valence-electron chi connectivity index (χ1n) is 9.76. The summed E-state index contributed by atoms with van der Waals surface area (Å²) in [7, 11) is 1.40. The Morgan fingerprint density at radius 2 is 2.17 bits per heavy atom. The third-order valence-corrected chi connectivity index (χ3v) is 6.31. The molecule has 0 bridgehead atoms. The van der Waals surface area contributed by atoms with Crippen LogP contribution >= 0.6 is 15.9 Å². The van der Waals surface area contributed by atoms with E-state index in [2.05, 4.69) is 26.6 Å². The Labute approximate surface area is 176 Å². The van der Waals surface area contributed by atoms with Crippen molar-refractivity contribution in [3.05, 3.63) is 57.3 Å². The molecule has 0 unspecified atom stereocenters. The van der Waals surface area contributed by atoms with E-state index in [1.807, 2.05) is 18.2 Å². The molecule has 1 atom stereocenters. The Hall–Kier alpha value is -2.38. The Balaban J connectivity index is 1.58. The summed E-state index contributed by atoms with van der Waals surface area (Å²) in [6.45, 7) is 2.24. The summed E-state index contributed by atoms with van der Waals surface area (Å²) in [5.74, 6) is 1.57. The van der Waals surface area contributed by atoms with Crippen LogP contribution in [0.25, 0.3) is 11.0 Å². The highest BCUT2D eigenvalue weighted by atomic mass is 79.9. The van der Waals surface area contributed by atoms with Gasteiger partial charge in [-0.2, -0.15) is 0 Å². The van der Waals surface area contributed by atoms with Crippen LogP contribution in [-0.4, -0.2) is 41.9 Å². The van der Waals surface area contributed by atoms with Gasteiger partial charge in [-0.1, -0.05) is 6.07 Å². The van der Waals surface area contributed by atoms with Gasteiger partial charge in [-0.15, -0.1) is 0 Å². The molecule has 150 valence electrons. The molecular weight excluding hydrogens is 436 g/mol. The van der Waals surface area contributed by atoms with Gasteiger partial charge in [0.25, 0.3) is 0 Å². The third-order valence-electron chi connectivity index (χ3n) is 5.68. The van der Waals surface area contributed by atoms with Crippen LogP contribution in [-0.2, 0) is 28.9 Å². The number of aromatic nitrogens is 2. The number of imidazole rings is 1. The maximum absolute atomic E-state index is 12.0. The van der Waals surface area contributed by atoms with Crippen LogP contribution in [0.4, 0.5) is 0 Å². The average Bonchev–Trinajstić information content (AvgIpc) is 3.31. The predicted molar refractivity (Wildman–Crippen MR) is 112 cm³/mol. The van der Waals surface area contributed by atoms with E-state index >= 15 is 0 Å². The van der Waals surface area contributed by atoms with Crippen LogP contribution in [0.15, 0.2) is 34.8 Å². The lowest BCUT2D eigenvalue weighted by Crippen LogP contribution is -2.31. The Bertz CT molecular complexity index is 1100. The van der Waals surface area contributed by atoms with Crippen molar-refractivity contribution in [1.29, 1.82) is 0 Å². The number of hydrogen-bond donors (Lipinski definition) is 0. The number of fused-ring (bicyclic) bond motifs is 2. The molecule has 2 aliphatic heterocycles. The molecule has 0 aliphatic carbocycles. The van der Waals surface area contributed by atoms with Gasteiger partial charge in [-0.3, -0.25) is 0 Å². The largest absolute Gasteiger partial charge is 0.492 e. The van der Waals surface area contributed by atoms with Crippen molar-refractivity contribution in [3.8, 4) is 5.75 Å². The van der Waals surface area contributed by atoms with Crippen LogP contribution in [0.2, 0.25) is 0 Å². The van der Waals surface area contributed by atoms with E-state index < -0.39 is 0 Å². The van der Waals surface area contributed by atoms with Gasteiger partial charge in [-0.05, 0) is 52.2 Å². The van der Waals surface area contributed by atoms with Crippen molar-refractivity contribution in [3.63, 3.8) is 0 Å². The summed E-state index contributed by atoms with van der Waals surface area (Å²) in [4.78, 5) is 16.9. The van der Waals surface area contributed by atoms with Crippen molar-refractivity contribution >= 4 is 32.9 Å². The van der Waals surface area contributed by atoms with Crippen LogP contribution in [0.1, 0.15) is 33.7 Å². The highest BCUT2D eigenvalue weighted by Crippen LogP contribution is 2.37. The molecule has 0 saturated carbocycles. The van der Waals surface area contributed by atoms with Gasteiger partial charge in [0.05, 0.1) is 47.4 Å². The van der Waals surface area contributed by atoms with Crippen LogP contribution < -0.4 is 4.74 Å². The monoisotopic (exact) mass is 456 g/mol. The van der Waals surface area contributed by atoms with Gasteiger partial charge in [0, 0.05) is 25.0 Å². The van der Waals surface area contributed by atoms with E-state index in [4.69, 9.17) is 19.2 Å². The van der Waals surface area contributed by atoms with Crippen molar-refractivity contribution < 1.29 is 19.0 Å². The second-order valence-electron chi connectivity index (χ2n) is 7.40. The summed E-state index contributed by atoms with van der Waals surface area (Å²) >= 11 is 3.58. The molecule has 0 spiro atoms. The van der Waals surface area contributed by atoms with Gasteiger partial charge in [0.2, 0.25) is 0 Å². The number of ether oxygens (including phenoxy) is 3. The first kappa shape index (κ1) is 18.6. The van der Waals surface area contributed by atoms with E-state index in [9.17, 15) is 4.79 Å². The second-order valence-corrected chi connectivity index (χ2v) is 8.26. The van der Waals surface area contributed by atoms with Crippen LogP contribution in [0, 0.1) is 0 Å². The molecule has 1 saturated heterocycles. The zero-order valence-corrected chi connectivity index (χ0v) is 17.7. The molecule has 7 heteroatoms. The number of rotatable bonds is 5. The minimum atomic E-state index is -0.344. The van der Waals surface area contributed by atoms with Crippen molar-refractivity contribution in [2.45, 2.75) is 31.9 Å². The summed E-state index contributed by atoms with van der Waals surface area (Å²) in [5.41, 5.74) is 4.80. The number of carbonyl (C=O) groups is 1. The first-order chi connectivity index (χ1) is 14.1. The normalized spacial score (nSPS) is 17.7. The highest BCUT2D eigenvalue weighted by Gasteiger charge is 2.24. The molecule has 0 radical (unpaired) electrons. The minimum Gasteiger partial charge on any atom is -0.492 e. The van der Waals surface area contributed by atoms with Gasteiger partial charge in [-0.25, -0.2) is 9.78 Å². The maximum Gasteiger partial charge on any atom is 0.337 e. The molecule has 5 rings (SSSR count). The lowest BCUT2D eigenvalue weighted by Gasteiger charge is -2.27. The summed E-state index contributed by atoms with van der Waals surface area (Å²) in [6, 6.07) is 9.70. The van der Waals surface area contributed by atoms with Crippen LogP contribution in [0.3, 0.4) is 0 Å². The number of benzene rings is 2. The van der Waals surface area contributed by atoms with Gasteiger partial charge < -0.3 is 18.8 Å². The second kappa shape index (κ2) is 7.46. The van der Waals surface area contributed by atoms with Crippen molar-refractivity contribution in [1.82, 2.24) is 9.55 Å². The Morgan fingerprint density at radius 3 is 2.93 bits per heavy atom. The van der Waals surface area contributed by atoms with E-state index in [-0.39, 0.29) is 12.1 Å². The SMILES string of the molecule is COC(=O)c1ccc2nc(Cc3ccc(Br)c4c3CCO4)n(C[C@@H]3CCO3)c2c1. The van der Waals surface area contributed by atoms with Gasteiger partial charge in [0.1, 0.15) is 11.6 Å². The molecule has 3 heterocycles. The molecule has 1 fully saturated rings. The molecule has 0 amide bonds. The van der Waals surface area contributed by atoms with Gasteiger partial charge >= 0.3 is 5.97 Å². The smallest absolute Gasteiger partial charge is 0.337 e. The fourth-order valence-electron chi connectivity index (χ4n) is 4.05. The third kappa shape index (κ3) is 3.32. The number of carbonyl (C=O) groups excluding carboxylic acids is 1. The lowest BCUT2D eigenvalue weighted by atomic mass is 10.0. The van der Waals surface area contributed by atoms with E-state index in [1.54, 1.807) is 6.07 Å².